The lowest BCUT2D eigenvalue weighted by molar-refractivity contribution is 0.301. The molecule has 0 aliphatic heterocycles. The van der Waals surface area contributed by atoms with Gasteiger partial charge in [-0.1, -0.05) is 24.3 Å². The second-order valence-electron chi connectivity index (χ2n) is 4.43. The molecule has 0 saturated carbocycles. The van der Waals surface area contributed by atoms with Gasteiger partial charge in [-0.05, 0) is 25.0 Å². The lowest BCUT2D eigenvalue weighted by atomic mass is 10.1. The van der Waals surface area contributed by atoms with Gasteiger partial charge in [0.05, 0.1) is 5.69 Å². The van der Waals surface area contributed by atoms with Gasteiger partial charge in [0.2, 0.25) is 0 Å². The molecule has 18 heavy (non-hydrogen) atoms. The first-order valence-corrected chi connectivity index (χ1v) is 6.02. The minimum Gasteiger partial charge on any atom is -0.485 e. The van der Waals surface area contributed by atoms with Crippen molar-refractivity contribution in [3.05, 3.63) is 46.8 Å². The number of rotatable bonds is 4. The Morgan fingerprint density at radius 2 is 1.78 bits per heavy atom. The first-order chi connectivity index (χ1) is 8.61. The van der Waals surface area contributed by atoms with Gasteiger partial charge in [0.1, 0.15) is 12.3 Å². The number of hydrogen-bond donors (Lipinski definition) is 1. The molecule has 0 unspecified atom stereocenters. The van der Waals surface area contributed by atoms with E-state index in [1.807, 2.05) is 49.8 Å². The van der Waals surface area contributed by atoms with Crippen molar-refractivity contribution < 1.29 is 4.74 Å². The summed E-state index contributed by atoms with van der Waals surface area (Å²) >= 11 is 0. The Bertz CT molecular complexity index is 529. The maximum absolute atomic E-state index is 5.83. The molecule has 2 aromatic rings. The summed E-state index contributed by atoms with van der Waals surface area (Å²) in [6, 6.07) is 8.15. The van der Waals surface area contributed by atoms with E-state index in [1.165, 1.54) is 0 Å². The molecular weight excluding hydrogens is 226 g/mol. The van der Waals surface area contributed by atoms with Gasteiger partial charge in [0.25, 0.3) is 0 Å². The van der Waals surface area contributed by atoms with Crippen molar-refractivity contribution in [3.63, 3.8) is 0 Å². The summed E-state index contributed by atoms with van der Waals surface area (Å²) in [5.74, 6) is 0.875. The van der Waals surface area contributed by atoms with Crippen LogP contribution in [-0.2, 0) is 20.2 Å². The van der Waals surface area contributed by atoms with Crippen LogP contribution in [0.2, 0.25) is 0 Å². The van der Waals surface area contributed by atoms with Gasteiger partial charge in [0, 0.05) is 13.6 Å². The summed E-state index contributed by atoms with van der Waals surface area (Å²) in [6.07, 6.45) is 0. The van der Waals surface area contributed by atoms with Crippen LogP contribution in [0.15, 0.2) is 24.3 Å². The average Bonchev–Trinajstić information content (AvgIpc) is 2.62. The van der Waals surface area contributed by atoms with Gasteiger partial charge in [-0.2, -0.15) is 5.10 Å². The van der Waals surface area contributed by atoms with Gasteiger partial charge >= 0.3 is 0 Å². The van der Waals surface area contributed by atoms with Crippen LogP contribution < -0.4 is 10.5 Å². The number of aromatic nitrogens is 2. The molecule has 0 radical (unpaired) electrons. The molecule has 2 rings (SSSR count). The topological polar surface area (TPSA) is 53.1 Å². The predicted octanol–water partition coefficient (Wildman–Crippen LogP) is 2.07. The van der Waals surface area contributed by atoms with Gasteiger partial charge in [-0.3, -0.25) is 4.68 Å². The molecule has 4 heteroatoms. The van der Waals surface area contributed by atoms with Crippen molar-refractivity contribution in [1.29, 1.82) is 0 Å². The maximum Gasteiger partial charge on any atom is 0.163 e. The molecule has 0 fully saturated rings. The third kappa shape index (κ3) is 2.54. The Morgan fingerprint density at radius 1 is 1.17 bits per heavy atom. The van der Waals surface area contributed by atoms with Crippen LogP contribution in [0, 0.1) is 13.8 Å². The summed E-state index contributed by atoms with van der Waals surface area (Å²) in [4.78, 5) is 0. The Labute approximate surface area is 107 Å². The molecule has 1 heterocycles. The standard InChI is InChI=1S/C14H19N3O/c1-10-14(11(2)17(3)16-10)18-9-13-6-4-12(8-15)5-7-13/h4-7H,8-9,15H2,1-3H3. The molecule has 4 nitrogen and oxygen atoms in total. The highest BCUT2D eigenvalue weighted by molar-refractivity contribution is 5.32. The highest BCUT2D eigenvalue weighted by Crippen LogP contribution is 2.22. The van der Waals surface area contributed by atoms with Crippen LogP contribution >= 0.6 is 0 Å². The van der Waals surface area contributed by atoms with Crippen molar-refractivity contribution in [1.82, 2.24) is 9.78 Å². The fraction of sp³-hybridized carbons (Fsp3) is 0.357. The molecule has 96 valence electrons. The third-order valence-electron chi connectivity index (χ3n) is 3.08. The number of nitrogens with zero attached hydrogens (tertiary/aromatic N) is 2. The molecule has 0 spiro atoms. The van der Waals surface area contributed by atoms with Crippen molar-refractivity contribution in [3.8, 4) is 5.75 Å². The maximum atomic E-state index is 5.83. The van der Waals surface area contributed by atoms with Crippen LogP contribution in [0.5, 0.6) is 5.75 Å². The molecule has 0 bridgehead atoms. The summed E-state index contributed by atoms with van der Waals surface area (Å²) in [7, 11) is 1.92. The fourth-order valence-electron chi connectivity index (χ4n) is 1.89. The highest BCUT2D eigenvalue weighted by Gasteiger charge is 2.10. The zero-order valence-electron chi connectivity index (χ0n) is 11.1. The molecule has 0 aliphatic carbocycles. The van der Waals surface area contributed by atoms with E-state index in [1.54, 1.807) is 0 Å². The van der Waals surface area contributed by atoms with E-state index < -0.39 is 0 Å². The highest BCUT2D eigenvalue weighted by atomic mass is 16.5. The number of ether oxygens (including phenoxy) is 1. The van der Waals surface area contributed by atoms with E-state index in [0.717, 1.165) is 28.3 Å². The molecule has 2 N–H and O–H groups in total. The quantitative estimate of drug-likeness (QED) is 0.897. The number of benzene rings is 1. The summed E-state index contributed by atoms with van der Waals surface area (Å²) in [5.41, 5.74) is 9.80. The van der Waals surface area contributed by atoms with E-state index in [9.17, 15) is 0 Å². The van der Waals surface area contributed by atoms with Gasteiger partial charge in [-0.15, -0.1) is 0 Å². The summed E-state index contributed by atoms with van der Waals surface area (Å²) < 4.78 is 7.67. The van der Waals surface area contributed by atoms with E-state index in [2.05, 4.69) is 5.10 Å². The van der Waals surface area contributed by atoms with Gasteiger partial charge < -0.3 is 10.5 Å². The Morgan fingerprint density at radius 3 is 2.28 bits per heavy atom. The van der Waals surface area contributed by atoms with Crippen LogP contribution in [0.1, 0.15) is 22.5 Å². The molecule has 1 aromatic heterocycles. The SMILES string of the molecule is Cc1nn(C)c(C)c1OCc1ccc(CN)cc1. The van der Waals surface area contributed by atoms with Crippen molar-refractivity contribution in [2.75, 3.05) is 0 Å². The van der Waals surface area contributed by atoms with Crippen LogP contribution in [0.25, 0.3) is 0 Å². The second-order valence-corrected chi connectivity index (χ2v) is 4.43. The molecule has 0 saturated heterocycles. The van der Waals surface area contributed by atoms with E-state index >= 15 is 0 Å². The predicted molar refractivity (Wildman–Crippen MR) is 71.3 cm³/mol. The Balaban J connectivity index is 2.06. The molecule has 0 atom stereocenters. The lowest BCUT2D eigenvalue weighted by Crippen LogP contribution is -2.00. The normalized spacial score (nSPS) is 10.7. The summed E-state index contributed by atoms with van der Waals surface area (Å²) in [5, 5.41) is 4.33. The Hall–Kier alpha value is -1.81. The van der Waals surface area contributed by atoms with Gasteiger partial charge in [-0.25, -0.2) is 0 Å². The molecule has 1 aromatic carbocycles. The summed E-state index contributed by atoms with van der Waals surface area (Å²) in [6.45, 7) is 5.09. The van der Waals surface area contributed by atoms with Gasteiger partial charge in [0.15, 0.2) is 5.75 Å². The average molecular weight is 245 g/mol. The van der Waals surface area contributed by atoms with E-state index in [4.69, 9.17) is 10.5 Å². The van der Waals surface area contributed by atoms with Crippen LogP contribution in [0.3, 0.4) is 0 Å². The largest absolute Gasteiger partial charge is 0.485 e. The fourth-order valence-corrected chi connectivity index (χ4v) is 1.89. The zero-order chi connectivity index (χ0) is 13.1. The van der Waals surface area contributed by atoms with Crippen molar-refractivity contribution in [2.45, 2.75) is 27.0 Å². The minimum atomic E-state index is 0.554. The first kappa shape index (κ1) is 12.6. The number of nitrogens with two attached hydrogens (primary N) is 1. The molecule has 0 amide bonds. The lowest BCUT2D eigenvalue weighted by Gasteiger charge is -2.07. The smallest absolute Gasteiger partial charge is 0.163 e. The van der Waals surface area contributed by atoms with E-state index in [0.29, 0.717) is 13.2 Å². The monoisotopic (exact) mass is 245 g/mol. The van der Waals surface area contributed by atoms with Crippen LogP contribution in [-0.4, -0.2) is 9.78 Å². The third-order valence-corrected chi connectivity index (χ3v) is 3.08. The second kappa shape index (κ2) is 5.23. The van der Waals surface area contributed by atoms with E-state index in [-0.39, 0.29) is 0 Å². The molecule has 0 aliphatic rings. The number of aryl methyl sites for hydroxylation is 2. The van der Waals surface area contributed by atoms with Crippen molar-refractivity contribution in [2.24, 2.45) is 12.8 Å². The zero-order valence-corrected chi connectivity index (χ0v) is 11.1. The van der Waals surface area contributed by atoms with Crippen LogP contribution in [0.4, 0.5) is 0 Å². The minimum absolute atomic E-state index is 0.554. The Kier molecular flexibility index (Phi) is 3.67. The first-order valence-electron chi connectivity index (χ1n) is 6.02. The van der Waals surface area contributed by atoms with Crippen molar-refractivity contribution >= 4 is 0 Å². The molecular formula is C14H19N3O. The number of hydrogen-bond acceptors (Lipinski definition) is 3.